The third-order valence-corrected chi connectivity index (χ3v) is 21.3. The lowest BCUT2D eigenvalue weighted by Crippen LogP contribution is -2.28. The van der Waals surface area contributed by atoms with E-state index < -0.39 is 45.2 Å². The average molecular weight is 1560 g/mol. The number of carbonyl (C=O) groups excluding carboxylic acids is 4. The van der Waals surface area contributed by atoms with Gasteiger partial charge in [-0.2, -0.15) is 5.10 Å². The van der Waals surface area contributed by atoms with E-state index in [1.165, 1.54) is 43.3 Å². The van der Waals surface area contributed by atoms with Crippen molar-refractivity contribution in [3.05, 3.63) is 246 Å². The quantitative estimate of drug-likeness (QED) is 0.0462. The van der Waals surface area contributed by atoms with E-state index in [-0.39, 0.29) is 73.2 Å². The van der Waals surface area contributed by atoms with Crippen molar-refractivity contribution in [2.45, 2.75) is 93.7 Å². The number of aromatic amines is 1. The number of H-pyrrole nitrogens is 1. The molecule has 3 aliphatic heterocycles. The lowest BCUT2D eigenvalue weighted by molar-refractivity contribution is -0.287. The molecule has 6 N–H and O–H groups in total. The van der Waals surface area contributed by atoms with Gasteiger partial charge in [-0.15, -0.1) is 26.3 Å². The first-order valence-electron chi connectivity index (χ1n) is 35.8. The Morgan fingerprint density at radius 2 is 0.761 bits per heavy atom. The van der Waals surface area contributed by atoms with Crippen LogP contribution < -0.4 is 54.4 Å². The van der Waals surface area contributed by atoms with Crippen LogP contribution in [0.4, 0.5) is 43.8 Å². The molecule has 0 spiro atoms. The molecule has 4 aromatic heterocycles. The monoisotopic (exact) mass is 1560 g/mol. The molecule has 0 unspecified atom stereocenters. The number of nitrogens with zero attached hydrogens (tertiary/aromatic N) is 4. The van der Waals surface area contributed by atoms with Gasteiger partial charge in [0.25, 0.3) is 0 Å². The number of halogens is 6. The Bertz CT molecular complexity index is 6220. The standard InChI is InChI=1S/C29H23F2N3O4.C28H23F2N3O5S.C27H18F2N4O3.6H2/c1-17(35)32-16-18-6-8-19(9-7-18)26-22-5-3-2-4-20(22)14-25(33-26)34-27(36)28(12-13-28)21-10-11-23-24(15-21)38-29(30,31)37-23;1-39(35,36)31-16-17-6-8-18(9-7-17)25-21-5-3-2-4-19(21)14-24(32-25)33-26(34)27(12-13-27)20-10-11-22-23(15-20)38-28(29,30)37-22;28-27(29)35-21-8-6-18(13-22(21)36-27)26(9-10-26)25(34)32-23-12-15-3-1-2-4-19(15)24(31-23)16-5-7-20-17(11-16)14-30-33-20;;;;;;/h2-11,14-15H,12-13,16H2,1H3,(H,32,35)(H,33,34,36);2-11,14-15,31H,12-13,16H2,1H3,(H,32,33,34);1-8,11-14H,9-10H2,(H,30,33)(H,31,32,34);6*1H. The van der Waals surface area contributed by atoms with Crippen LogP contribution in [-0.4, -0.2) is 82.3 Å². The minimum absolute atomic E-state index is 0. The summed E-state index contributed by atoms with van der Waals surface area (Å²) in [6.45, 7) is 2.07. The average Bonchev–Trinajstić information content (AvgIpc) is 1.50. The van der Waals surface area contributed by atoms with E-state index in [4.69, 9.17) is 15.0 Å². The molecule has 113 heavy (non-hydrogen) atoms. The van der Waals surface area contributed by atoms with Crippen molar-refractivity contribution in [1.29, 1.82) is 0 Å². The van der Waals surface area contributed by atoms with Gasteiger partial charge >= 0.3 is 18.9 Å². The summed E-state index contributed by atoms with van der Waals surface area (Å²) in [7, 11) is -3.32. The van der Waals surface area contributed by atoms with Crippen LogP contribution in [0.1, 0.15) is 81.8 Å². The van der Waals surface area contributed by atoms with Crippen LogP contribution in [0, 0.1) is 0 Å². The number of amides is 4. The number of hydrogen-bond donors (Lipinski definition) is 6. The van der Waals surface area contributed by atoms with E-state index in [1.807, 2.05) is 152 Å². The second-order valence-electron chi connectivity index (χ2n) is 28.4. The third kappa shape index (κ3) is 14.9. The summed E-state index contributed by atoms with van der Waals surface area (Å²) in [5.41, 5.74) is 6.51. The Hall–Kier alpha value is -13.2. The van der Waals surface area contributed by atoms with Crippen LogP contribution >= 0.6 is 0 Å². The number of rotatable bonds is 17. The summed E-state index contributed by atoms with van der Waals surface area (Å²) in [4.78, 5) is 66.0. The van der Waals surface area contributed by atoms with Crippen molar-refractivity contribution < 1.29 is 90.9 Å². The minimum Gasteiger partial charge on any atom is -0.395 e. The van der Waals surface area contributed by atoms with Gasteiger partial charge in [0.1, 0.15) is 17.5 Å². The van der Waals surface area contributed by atoms with Crippen LogP contribution in [0.5, 0.6) is 34.5 Å². The number of fused-ring (bicyclic) bond motifs is 7. The molecule has 9 aromatic carbocycles. The van der Waals surface area contributed by atoms with Gasteiger partial charge in [-0.3, -0.25) is 24.3 Å². The van der Waals surface area contributed by atoms with Crippen LogP contribution in [0.15, 0.2) is 219 Å². The van der Waals surface area contributed by atoms with Crippen LogP contribution in [-0.2, 0) is 58.5 Å². The van der Waals surface area contributed by atoms with Crippen molar-refractivity contribution in [3.8, 4) is 68.3 Å². The lowest BCUT2D eigenvalue weighted by Gasteiger charge is -2.17. The molecule has 7 heterocycles. The van der Waals surface area contributed by atoms with Gasteiger partial charge in [0.05, 0.1) is 51.3 Å². The van der Waals surface area contributed by atoms with Gasteiger partial charge in [0.2, 0.25) is 33.7 Å². The number of alkyl halides is 6. The Morgan fingerprint density at radius 1 is 0.416 bits per heavy atom. The van der Waals surface area contributed by atoms with Gasteiger partial charge in [-0.05, 0) is 149 Å². The van der Waals surface area contributed by atoms with Crippen molar-refractivity contribution in [2.24, 2.45) is 0 Å². The molecule has 3 aliphatic carbocycles. The third-order valence-electron chi connectivity index (χ3n) is 20.6. The zero-order valence-electron chi connectivity index (χ0n) is 59.8. The number of hydrogen-bond acceptors (Lipinski definition) is 16. The van der Waals surface area contributed by atoms with Gasteiger partial charge in [0.15, 0.2) is 34.5 Å². The van der Waals surface area contributed by atoms with Gasteiger partial charge in [-0.25, -0.2) is 28.1 Å². The van der Waals surface area contributed by atoms with E-state index in [9.17, 15) is 53.9 Å². The molecule has 582 valence electrons. The van der Waals surface area contributed by atoms with Crippen LogP contribution in [0.3, 0.4) is 0 Å². The predicted molar refractivity (Wildman–Crippen MR) is 420 cm³/mol. The molecule has 6 aliphatic rings. The fourth-order valence-electron chi connectivity index (χ4n) is 14.3. The molecule has 0 bridgehead atoms. The van der Waals surface area contributed by atoms with Crippen molar-refractivity contribution in [2.75, 3.05) is 22.2 Å². The van der Waals surface area contributed by atoms with Crippen LogP contribution in [0.2, 0.25) is 0 Å². The Kier molecular flexibility index (Phi) is 17.8. The first-order chi connectivity index (χ1) is 54.1. The molecule has 0 saturated heterocycles. The number of pyridine rings is 3. The molecule has 0 radical (unpaired) electrons. The van der Waals surface area contributed by atoms with Gasteiger partial charge in [0, 0.05) is 66.8 Å². The van der Waals surface area contributed by atoms with E-state index in [0.29, 0.717) is 90.6 Å². The Labute approximate surface area is 648 Å². The number of sulfonamides is 1. The summed E-state index contributed by atoms with van der Waals surface area (Å²) >= 11 is 0. The zero-order valence-corrected chi connectivity index (χ0v) is 60.6. The Balaban J connectivity index is 0.000000171. The number of carbonyl (C=O) groups is 4. The largest absolute Gasteiger partial charge is 0.586 e. The van der Waals surface area contributed by atoms with E-state index in [1.54, 1.807) is 30.5 Å². The molecule has 3 fully saturated rings. The summed E-state index contributed by atoms with van der Waals surface area (Å²) < 4.78 is 133. The highest BCUT2D eigenvalue weighted by atomic mass is 32.2. The molecule has 0 atom stereocenters. The molecule has 3 saturated carbocycles. The summed E-state index contributed by atoms with van der Waals surface area (Å²) in [5, 5.41) is 25.1. The van der Waals surface area contributed by atoms with E-state index >= 15 is 0 Å². The number of nitrogens with one attached hydrogen (secondary N) is 6. The summed E-state index contributed by atoms with van der Waals surface area (Å²) in [5.74, 6) is -0.154. The molecule has 19 rings (SSSR count). The van der Waals surface area contributed by atoms with Crippen molar-refractivity contribution >= 4 is 94.3 Å². The second-order valence-corrected chi connectivity index (χ2v) is 30.2. The molecular formula is C84H76F6N10O12S. The fraction of sp³-hybridized carbons (Fsp3) is 0.190. The summed E-state index contributed by atoms with van der Waals surface area (Å²) in [6.07, 6.45) is -4.85. The Morgan fingerprint density at radius 3 is 1.12 bits per heavy atom. The topological polar surface area (TPSA) is 285 Å². The maximum absolute atomic E-state index is 13.5. The SMILES string of the molecule is CC(=O)NCc1ccc(-c2nc(NC(=O)C3(c4ccc5c(c4)OC(F)(F)O5)CC3)cc3ccccc23)cc1.CS(=O)(=O)NCc1ccc(-c2nc(NC(=O)C3(c4ccc5c(c4)OC(F)(F)O5)CC3)cc3ccccc23)cc1.O=C(Nc1cc2ccccc2c(-c2ccc3[nH]ncc3c2)n1)C1(c2ccc3c(c2)OC(F)(F)O3)CC1.[HH].[HH].[HH].[HH].[HH].[HH]. The van der Waals surface area contributed by atoms with Crippen LogP contribution in [0.25, 0.3) is 77.0 Å². The highest BCUT2D eigenvalue weighted by Crippen LogP contribution is 2.56. The van der Waals surface area contributed by atoms with E-state index in [2.05, 4.69) is 64.6 Å². The first kappa shape index (κ1) is 72.7. The zero-order chi connectivity index (χ0) is 78.4. The second kappa shape index (κ2) is 27.7. The lowest BCUT2D eigenvalue weighted by atomic mass is 9.94. The molecule has 22 nitrogen and oxygen atoms in total. The van der Waals surface area contributed by atoms with E-state index in [0.717, 1.165) is 83.0 Å². The number of anilines is 3. The maximum Gasteiger partial charge on any atom is 0.586 e. The first-order valence-corrected chi connectivity index (χ1v) is 37.7. The normalized spacial score (nSPS) is 16.6. The number of aromatic nitrogens is 5. The predicted octanol–water partition coefficient (Wildman–Crippen LogP) is 17.7. The molecule has 4 amide bonds. The maximum atomic E-state index is 13.5. The highest BCUT2D eigenvalue weighted by Gasteiger charge is 2.56. The van der Waals surface area contributed by atoms with Crippen molar-refractivity contribution in [3.63, 3.8) is 0 Å². The summed E-state index contributed by atoms with van der Waals surface area (Å²) in [6, 6.07) is 63.1. The smallest absolute Gasteiger partial charge is 0.395 e. The minimum atomic E-state index is -3.73. The van der Waals surface area contributed by atoms with Crippen molar-refractivity contribution in [1.82, 2.24) is 35.2 Å². The molecule has 29 heteroatoms. The molecule has 13 aromatic rings. The highest BCUT2D eigenvalue weighted by molar-refractivity contribution is 7.88. The number of ether oxygens (including phenoxy) is 6. The fourth-order valence-corrected chi connectivity index (χ4v) is 14.7. The number of benzene rings is 9. The van der Waals surface area contributed by atoms with Gasteiger partial charge < -0.3 is 49.7 Å². The molecular weight excluding hydrogens is 1490 g/mol. The van der Waals surface area contributed by atoms with Gasteiger partial charge in [-0.1, -0.05) is 146 Å².